The number of amides is 1. The molecule has 1 fully saturated rings. The Kier molecular flexibility index (Phi) is 8.14. The number of nitrogens with one attached hydrogen (secondary N) is 2. The first-order valence-corrected chi connectivity index (χ1v) is 11.6. The standard InChI is InChI=1S/C24H39N5O/c1-5-23(30)29-14-12-21(17-29)27-24(25-6-2)26-15-22(18(3)4)28-13-11-19-9-7-8-10-20(19)16-28/h7-10,18,21-22H,5-6,11-17H2,1-4H3,(H2,25,26,27). The van der Waals surface area contributed by atoms with Gasteiger partial charge in [0.15, 0.2) is 5.96 Å². The zero-order chi connectivity index (χ0) is 21.5. The molecule has 2 aliphatic heterocycles. The molecule has 166 valence electrons. The lowest BCUT2D eigenvalue weighted by Crippen LogP contribution is -2.47. The maximum Gasteiger partial charge on any atom is 0.222 e. The normalized spacial score (nSPS) is 20.9. The van der Waals surface area contributed by atoms with Gasteiger partial charge in [0.25, 0.3) is 0 Å². The second-order valence-corrected chi connectivity index (χ2v) is 8.84. The van der Waals surface area contributed by atoms with Gasteiger partial charge in [-0.15, -0.1) is 0 Å². The van der Waals surface area contributed by atoms with Crippen LogP contribution in [0.2, 0.25) is 0 Å². The number of carbonyl (C=O) groups excluding carboxylic acids is 1. The number of guanidine groups is 1. The average molecular weight is 414 g/mol. The van der Waals surface area contributed by atoms with E-state index in [1.807, 2.05) is 11.8 Å². The fourth-order valence-corrected chi connectivity index (χ4v) is 4.57. The van der Waals surface area contributed by atoms with Crippen LogP contribution in [0.25, 0.3) is 0 Å². The van der Waals surface area contributed by atoms with Crippen LogP contribution in [0.15, 0.2) is 29.3 Å². The van der Waals surface area contributed by atoms with Crippen LogP contribution in [-0.2, 0) is 17.8 Å². The summed E-state index contributed by atoms with van der Waals surface area (Å²) in [5.41, 5.74) is 2.94. The average Bonchev–Trinajstić information content (AvgIpc) is 3.21. The van der Waals surface area contributed by atoms with Crippen LogP contribution >= 0.6 is 0 Å². The molecule has 1 saturated heterocycles. The van der Waals surface area contributed by atoms with Crippen molar-refractivity contribution in [2.24, 2.45) is 10.9 Å². The molecule has 6 nitrogen and oxygen atoms in total. The van der Waals surface area contributed by atoms with Crippen molar-refractivity contribution in [2.75, 3.05) is 32.7 Å². The number of likely N-dealkylation sites (tertiary alicyclic amines) is 1. The van der Waals surface area contributed by atoms with Gasteiger partial charge in [0.2, 0.25) is 5.91 Å². The summed E-state index contributed by atoms with van der Waals surface area (Å²) in [4.78, 5) is 21.5. The van der Waals surface area contributed by atoms with Gasteiger partial charge in [0.1, 0.15) is 0 Å². The topological polar surface area (TPSA) is 60.0 Å². The Morgan fingerprint density at radius 1 is 1.20 bits per heavy atom. The summed E-state index contributed by atoms with van der Waals surface area (Å²) in [5.74, 6) is 1.65. The van der Waals surface area contributed by atoms with E-state index < -0.39 is 0 Å². The van der Waals surface area contributed by atoms with Crippen LogP contribution in [0, 0.1) is 5.92 Å². The van der Waals surface area contributed by atoms with E-state index in [-0.39, 0.29) is 11.9 Å². The molecule has 2 unspecified atom stereocenters. The van der Waals surface area contributed by atoms with E-state index in [4.69, 9.17) is 4.99 Å². The highest BCUT2D eigenvalue weighted by Crippen LogP contribution is 2.23. The number of aliphatic imine (C=N–C) groups is 1. The molecule has 1 aromatic rings. The summed E-state index contributed by atoms with van der Waals surface area (Å²) in [6.07, 6.45) is 2.67. The van der Waals surface area contributed by atoms with E-state index in [0.717, 1.165) is 58.1 Å². The lowest BCUT2D eigenvalue weighted by atomic mass is 9.95. The van der Waals surface area contributed by atoms with Crippen LogP contribution < -0.4 is 10.6 Å². The van der Waals surface area contributed by atoms with Crippen LogP contribution in [0.4, 0.5) is 0 Å². The molecule has 2 atom stereocenters. The van der Waals surface area contributed by atoms with Gasteiger partial charge in [-0.1, -0.05) is 45.0 Å². The Bertz CT molecular complexity index is 732. The summed E-state index contributed by atoms with van der Waals surface area (Å²) in [5, 5.41) is 6.96. The fraction of sp³-hybridized carbons (Fsp3) is 0.667. The molecule has 0 aliphatic carbocycles. The predicted octanol–water partition coefficient (Wildman–Crippen LogP) is 2.64. The van der Waals surface area contributed by atoms with Gasteiger partial charge in [0.05, 0.1) is 6.54 Å². The quantitative estimate of drug-likeness (QED) is 0.533. The van der Waals surface area contributed by atoms with E-state index in [1.54, 1.807) is 0 Å². The van der Waals surface area contributed by atoms with Crippen molar-refractivity contribution < 1.29 is 4.79 Å². The monoisotopic (exact) mass is 413 g/mol. The molecule has 0 aromatic heterocycles. The number of hydrogen-bond acceptors (Lipinski definition) is 3. The third kappa shape index (κ3) is 5.75. The van der Waals surface area contributed by atoms with Gasteiger partial charge in [-0.25, -0.2) is 0 Å². The summed E-state index contributed by atoms with van der Waals surface area (Å²) >= 11 is 0. The summed E-state index contributed by atoms with van der Waals surface area (Å²) in [6, 6.07) is 9.50. The first-order valence-electron chi connectivity index (χ1n) is 11.6. The molecule has 2 heterocycles. The summed E-state index contributed by atoms with van der Waals surface area (Å²) in [6.45, 7) is 13.9. The minimum Gasteiger partial charge on any atom is -0.357 e. The second kappa shape index (κ2) is 10.8. The highest BCUT2D eigenvalue weighted by Gasteiger charge is 2.27. The van der Waals surface area contributed by atoms with E-state index in [1.165, 1.54) is 11.1 Å². The highest BCUT2D eigenvalue weighted by molar-refractivity contribution is 5.80. The predicted molar refractivity (Wildman–Crippen MR) is 124 cm³/mol. The molecule has 30 heavy (non-hydrogen) atoms. The second-order valence-electron chi connectivity index (χ2n) is 8.84. The molecular formula is C24H39N5O. The highest BCUT2D eigenvalue weighted by atomic mass is 16.2. The number of benzene rings is 1. The first kappa shape index (κ1) is 22.6. The van der Waals surface area contributed by atoms with Crippen molar-refractivity contribution in [3.8, 4) is 0 Å². The lowest BCUT2D eigenvalue weighted by molar-refractivity contribution is -0.129. The number of rotatable bonds is 7. The number of hydrogen-bond donors (Lipinski definition) is 2. The van der Waals surface area contributed by atoms with Gasteiger partial charge in [-0.05, 0) is 36.8 Å². The van der Waals surface area contributed by atoms with Crippen LogP contribution in [0.3, 0.4) is 0 Å². The van der Waals surface area contributed by atoms with Gasteiger partial charge in [-0.2, -0.15) is 0 Å². The third-order valence-corrected chi connectivity index (χ3v) is 6.36. The van der Waals surface area contributed by atoms with E-state index in [0.29, 0.717) is 18.4 Å². The summed E-state index contributed by atoms with van der Waals surface area (Å²) in [7, 11) is 0. The Morgan fingerprint density at radius 3 is 2.67 bits per heavy atom. The first-order chi connectivity index (χ1) is 14.5. The Hall–Kier alpha value is -2.08. The molecule has 1 amide bonds. The van der Waals surface area contributed by atoms with Gasteiger partial charge in [0, 0.05) is 51.2 Å². The Labute approximate surface area is 182 Å². The number of fused-ring (bicyclic) bond motifs is 1. The van der Waals surface area contributed by atoms with Crippen LogP contribution in [-0.4, -0.2) is 66.5 Å². The number of carbonyl (C=O) groups is 1. The van der Waals surface area contributed by atoms with E-state index in [2.05, 4.69) is 60.6 Å². The van der Waals surface area contributed by atoms with Crippen LogP contribution in [0.5, 0.6) is 0 Å². The molecule has 1 aromatic carbocycles. The van der Waals surface area contributed by atoms with Crippen molar-refractivity contribution in [3.05, 3.63) is 35.4 Å². The fourth-order valence-electron chi connectivity index (χ4n) is 4.57. The number of nitrogens with zero attached hydrogens (tertiary/aromatic N) is 3. The zero-order valence-electron chi connectivity index (χ0n) is 19.2. The smallest absolute Gasteiger partial charge is 0.222 e. The lowest BCUT2D eigenvalue weighted by Gasteiger charge is -2.37. The zero-order valence-corrected chi connectivity index (χ0v) is 19.2. The van der Waals surface area contributed by atoms with E-state index >= 15 is 0 Å². The minimum atomic E-state index is 0.242. The molecule has 0 bridgehead atoms. The van der Waals surface area contributed by atoms with Gasteiger partial charge >= 0.3 is 0 Å². The molecular weight excluding hydrogens is 374 g/mol. The minimum absolute atomic E-state index is 0.242. The van der Waals surface area contributed by atoms with Crippen molar-refractivity contribution in [3.63, 3.8) is 0 Å². The molecule has 0 saturated carbocycles. The maximum absolute atomic E-state index is 12.0. The van der Waals surface area contributed by atoms with Gasteiger partial charge < -0.3 is 15.5 Å². The van der Waals surface area contributed by atoms with Gasteiger partial charge in [-0.3, -0.25) is 14.7 Å². The Balaban J connectivity index is 1.62. The molecule has 6 heteroatoms. The van der Waals surface area contributed by atoms with E-state index in [9.17, 15) is 4.79 Å². The summed E-state index contributed by atoms with van der Waals surface area (Å²) < 4.78 is 0. The largest absolute Gasteiger partial charge is 0.357 e. The Morgan fingerprint density at radius 2 is 1.97 bits per heavy atom. The molecule has 0 spiro atoms. The maximum atomic E-state index is 12.0. The van der Waals surface area contributed by atoms with Crippen molar-refractivity contribution in [1.82, 2.24) is 20.4 Å². The van der Waals surface area contributed by atoms with Crippen molar-refractivity contribution in [1.29, 1.82) is 0 Å². The SMILES string of the molecule is CCNC(=NCC(C(C)C)N1CCc2ccccc2C1)NC1CCN(C(=O)CC)C1. The molecule has 0 radical (unpaired) electrons. The van der Waals surface area contributed by atoms with Crippen LogP contribution in [0.1, 0.15) is 51.7 Å². The molecule has 2 N–H and O–H groups in total. The van der Waals surface area contributed by atoms with Crippen molar-refractivity contribution >= 4 is 11.9 Å². The van der Waals surface area contributed by atoms with Crippen molar-refractivity contribution in [2.45, 2.75) is 65.6 Å². The molecule has 2 aliphatic rings. The molecule has 3 rings (SSSR count). The third-order valence-electron chi connectivity index (χ3n) is 6.36.